The van der Waals surface area contributed by atoms with Gasteiger partial charge < -0.3 is 5.32 Å². The number of aromatic nitrogens is 3. The van der Waals surface area contributed by atoms with Crippen molar-refractivity contribution in [3.05, 3.63) is 35.9 Å². The van der Waals surface area contributed by atoms with Crippen LogP contribution in [0.25, 0.3) is 5.69 Å². The fourth-order valence-corrected chi connectivity index (χ4v) is 2.07. The molecule has 3 rings (SSSR count). The number of anilines is 1. The minimum atomic E-state index is 0.382. The van der Waals surface area contributed by atoms with E-state index in [1.165, 1.54) is 0 Å². The summed E-state index contributed by atoms with van der Waals surface area (Å²) in [6.45, 7) is 5.03. The molecule has 0 amide bonds. The van der Waals surface area contributed by atoms with Crippen LogP contribution in [0.15, 0.2) is 24.3 Å². The maximum atomic E-state index is 4.27. The first kappa shape index (κ1) is 9.39. The van der Waals surface area contributed by atoms with Crippen molar-refractivity contribution in [1.29, 1.82) is 0 Å². The predicted octanol–water partition coefficient (Wildman–Crippen LogP) is 2.32. The van der Waals surface area contributed by atoms with Crippen molar-refractivity contribution in [3.8, 4) is 5.69 Å². The third-order valence-corrected chi connectivity index (χ3v) is 2.85. The molecule has 0 saturated heterocycles. The number of hydrogen-bond donors (Lipinski definition) is 1. The number of benzene rings is 1. The van der Waals surface area contributed by atoms with E-state index in [4.69, 9.17) is 0 Å². The molecule has 2 aromatic rings. The lowest BCUT2D eigenvalue weighted by molar-refractivity contribution is 0.732. The maximum absolute atomic E-state index is 4.27. The SMILES string of the molecule is CC(C)c1nnc2n1-c1ccccc1NC2. The Balaban J connectivity index is 2.25. The van der Waals surface area contributed by atoms with E-state index in [-0.39, 0.29) is 0 Å². The number of para-hydroxylation sites is 2. The molecule has 1 aliphatic heterocycles. The second-order valence-electron chi connectivity index (χ2n) is 4.34. The molecule has 0 fully saturated rings. The zero-order valence-electron chi connectivity index (χ0n) is 9.44. The summed E-state index contributed by atoms with van der Waals surface area (Å²) in [6, 6.07) is 8.26. The van der Waals surface area contributed by atoms with Crippen LogP contribution in [0.3, 0.4) is 0 Å². The first-order valence-corrected chi connectivity index (χ1v) is 5.55. The average molecular weight is 214 g/mol. The van der Waals surface area contributed by atoms with E-state index in [9.17, 15) is 0 Å². The van der Waals surface area contributed by atoms with Crippen LogP contribution in [0.5, 0.6) is 0 Å². The van der Waals surface area contributed by atoms with Crippen LogP contribution in [-0.4, -0.2) is 14.8 Å². The molecule has 2 heterocycles. The molecule has 0 radical (unpaired) electrons. The highest BCUT2D eigenvalue weighted by Gasteiger charge is 2.21. The minimum absolute atomic E-state index is 0.382. The van der Waals surface area contributed by atoms with Gasteiger partial charge >= 0.3 is 0 Å². The molecule has 4 nitrogen and oxygen atoms in total. The van der Waals surface area contributed by atoms with Crippen molar-refractivity contribution in [2.24, 2.45) is 0 Å². The Morgan fingerprint density at radius 3 is 2.88 bits per heavy atom. The van der Waals surface area contributed by atoms with Crippen molar-refractivity contribution in [1.82, 2.24) is 14.8 Å². The van der Waals surface area contributed by atoms with Gasteiger partial charge in [0.2, 0.25) is 0 Å². The summed E-state index contributed by atoms with van der Waals surface area (Å²) in [4.78, 5) is 0. The Morgan fingerprint density at radius 1 is 1.25 bits per heavy atom. The van der Waals surface area contributed by atoms with Gasteiger partial charge in [-0.15, -0.1) is 10.2 Å². The largest absolute Gasteiger partial charge is 0.376 e. The second-order valence-corrected chi connectivity index (χ2v) is 4.34. The molecule has 0 aliphatic carbocycles. The van der Waals surface area contributed by atoms with Gasteiger partial charge in [0, 0.05) is 5.92 Å². The van der Waals surface area contributed by atoms with Crippen LogP contribution in [0.1, 0.15) is 31.4 Å². The first-order valence-electron chi connectivity index (χ1n) is 5.55. The molecule has 0 atom stereocenters. The molecule has 1 aromatic heterocycles. The summed E-state index contributed by atoms with van der Waals surface area (Å²) < 4.78 is 2.16. The molecule has 1 N–H and O–H groups in total. The number of fused-ring (bicyclic) bond motifs is 3. The number of nitrogens with zero attached hydrogens (tertiary/aromatic N) is 3. The van der Waals surface area contributed by atoms with Crippen LogP contribution in [0, 0.1) is 0 Å². The van der Waals surface area contributed by atoms with Crippen molar-refractivity contribution in [2.75, 3.05) is 5.32 Å². The Labute approximate surface area is 94.3 Å². The first-order chi connectivity index (χ1) is 7.77. The van der Waals surface area contributed by atoms with E-state index < -0.39 is 0 Å². The second kappa shape index (κ2) is 3.33. The van der Waals surface area contributed by atoms with E-state index in [1.54, 1.807) is 0 Å². The summed E-state index contributed by atoms with van der Waals surface area (Å²) in [5.74, 6) is 2.40. The molecular weight excluding hydrogens is 200 g/mol. The molecule has 0 spiro atoms. The van der Waals surface area contributed by atoms with Gasteiger partial charge in [-0.05, 0) is 12.1 Å². The topological polar surface area (TPSA) is 42.7 Å². The maximum Gasteiger partial charge on any atom is 0.157 e. The molecule has 16 heavy (non-hydrogen) atoms. The molecule has 82 valence electrons. The van der Waals surface area contributed by atoms with Gasteiger partial charge in [0.25, 0.3) is 0 Å². The highest BCUT2D eigenvalue weighted by Crippen LogP contribution is 2.29. The highest BCUT2D eigenvalue weighted by atomic mass is 15.3. The molecule has 0 saturated carbocycles. The zero-order chi connectivity index (χ0) is 11.1. The Hall–Kier alpha value is -1.84. The smallest absolute Gasteiger partial charge is 0.157 e. The lowest BCUT2D eigenvalue weighted by atomic mass is 10.1. The minimum Gasteiger partial charge on any atom is -0.376 e. The van der Waals surface area contributed by atoms with Crippen LogP contribution >= 0.6 is 0 Å². The summed E-state index contributed by atoms with van der Waals surface area (Å²) >= 11 is 0. The Kier molecular flexibility index (Phi) is 1.96. The molecule has 4 heteroatoms. The van der Waals surface area contributed by atoms with Crippen LogP contribution < -0.4 is 5.32 Å². The third-order valence-electron chi connectivity index (χ3n) is 2.85. The number of rotatable bonds is 1. The van der Waals surface area contributed by atoms with Gasteiger partial charge in [-0.25, -0.2) is 0 Å². The summed E-state index contributed by atoms with van der Waals surface area (Å²) in [5, 5.41) is 11.8. The standard InChI is InChI=1S/C12H14N4/c1-8(2)12-15-14-11-7-13-9-5-3-4-6-10(9)16(11)12/h3-6,8,13H,7H2,1-2H3. The molecule has 1 aliphatic rings. The molecule has 1 aromatic carbocycles. The van der Waals surface area contributed by atoms with Crippen molar-refractivity contribution in [3.63, 3.8) is 0 Å². The quantitative estimate of drug-likeness (QED) is 0.792. The summed E-state index contributed by atoms with van der Waals surface area (Å²) in [6.07, 6.45) is 0. The third kappa shape index (κ3) is 1.23. The van der Waals surface area contributed by atoms with E-state index in [0.29, 0.717) is 5.92 Å². The van der Waals surface area contributed by atoms with Gasteiger partial charge in [0.15, 0.2) is 5.82 Å². The Bertz CT molecular complexity index is 528. The average Bonchev–Trinajstić information content (AvgIpc) is 2.73. The number of nitrogens with one attached hydrogen (secondary N) is 1. The van der Waals surface area contributed by atoms with Gasteiger partial charge in [-0.2, -0.15) is 0 Å². The van der Waals surface area contributed by atoms with Crippen molar-refractivity contribution in [2.45, 2.75) is 26.3 Å². The van der Waals surface area contributed by atoms with E-state index in [2.05, 4.69) is 46.1 Å². The zero-order valence-corrected chi connectivity index (χ0v) is 9.44. The van der Waals surface area contributed by atoms with Gasteiger partial charge in [-0.1, -0.05) is 26.0 Å². The van der Waals surface area contributed by atoms with Gasteiger partial charge in [-0.3, -0.25) is 4.57 Å². The lowest BCUT2D eigenvalue weighted by Gasteiger charge is -2.21. The normalized spacial score (nSPS) is 13.2. The molecule has 0 unspecified atom stereocenters. The molecular formula is C12H14N4. The van der Waals surface area contributed by atoms with E-state index in [0.717, 1.165) is 29.6 Å². The van der Waals surface area contributed by atoms with Crippen LogP contribution in [-0.2, 0) is 6.54 Å². The van der Waals surface area contributed by atoms with E-state index in [1.807, 2.05) is 12.1 Å². The van der Waals surface area contributed by atoms with Crippen LogP contribution in [0.2, 0.25) is 0 Å². The Morgan fingerprint density at radius 2 is 2.06 bits per heavy atom. The van der Waals surface area contributed by atoms with E-state index >= 15 is 0 Å². The number of hydrogen-bond acceptors (Lipinski definition) is 3. The summed E-state index contributed by atoms with van der Waals surface area (Å²) in [5.41, 5.74) is 2.30. The van der Waals surface area contributed by atoms with Gasteiger partial charge in [0.05, 0.1) is 17.9 Å². The predicted molar refractivity (Wildman–Crippen MR) is 62.8 cm³/mol. The van der Waals surface area contributed by atoms with Crippen LogP contribution in [0.4, 0.5) is 5.69 Å². The lowest BCUT2D eigenvalue weighted by Crippen LogP contribution is -2.17. The fourth-order valence-electron chi connectivity index (χ4n) is 2.07. The highest BCUT2D eigenvalue weighted by molar-refractivity contribution is 5.63. The summed E-state index contributed by atoms with van der Waals surface area (Å²) in [7, 11) is 0. The monoisotopic (exact) mass is 214 g/mol. The fraction of sp³-hybridized carbons (Fsp3) is 0.333. The van der Waals surface area contributed by atoms with Crippen molar-refractivity contribution >= 4 is 5.69 Å². The van der Waals surface area contributed by atoms with Crippen molar-refractivity contribution < 1.29 is 0 Å². The van der Waals surface area contributed by atoms with Gasteiger partial charge in [0.1, 0.15) is 5.82 Å². The molecule has 0 bridgehead atoms.